The summed E-state index contributed by atoms with van der Waals surface area (Å²) in [6.45, 7) is 2.01. The van der Waals surface area contributed by atoms with Gasteiger partial charge < -0.3 is 14.4 Å². The smallest absolute Gasteiger partial charge is 0.273 e. The van der Waals surface area contributed by atoms with Crippen molar-refractivity contribution in [3.05, 3.63) is 65.2 Å². The Bertz CT molecular complexity index is 924. The molecular formula is C21H22N2O3S. The number of thiazole rings is 1. The van der Waals surface area contributed by atoms with Gasteiger partial charge in [0.2, 0.25) is 0 Å². The Morgan fingerprint density at radius 1 is 1.07 bits per heavy atom. The first-order valence-electron chi connectivity index (χ1n) is 8.55. The molecule has 6 heteroatoms. The molecule has 3 aromatic rings. The summed E-state index contributed by atoms with van der Waals surface area (Å²) in [4.78, 5) is 19.1. The Morgan fingerprint density at radius 2 is 1.78 bits per heavy atom. The first-order chi connectivity index (χ1) is 13.0. The van der Waals surface area contributed by atoms with E-state index in [4.69, 9.17) is 9.47 Å². The highest BCUT2D eigenvalue weighted by atomic mass is 32.1. The molecule has 0 N–H and O–H groups in total. The van der Waals surface area contributed by atoms with Gasteiger partial charge in [-0.05, 0) is 30.7 Å². The first-order valence-corrected chi connectivity index (χ1v) is 9.43. The second-order valence-electron chi connectivity index (χ2n) is 6.11. The first kappa shape index (κ1) is 18.9. The number of aromatic nitrogens is 1. The third-order valence-electron chi connectivity index (χ3n) is 4.54. The van der Waals surface area contributed by atoms with Crippen LogP contribution in [0.3, 0.4) is 0 Å². The van der Waals surface area contributed by atoms with E-state index in [9.17, 15) is 4.79 Å². The molecule has 0 spiro atoms. The number of carbonyl (C=O) groups excluding carboxylic acids is 1. The quantitative estimate of drug-likeness (QED) is 0.622. The molecule has 27 heavy (non-hydrogen) atoms. The summed E-state index contributed by atoms with van der Waals surface area (Å²) in [7, 11) is 5.00. The standard InChI is InChI=1S/C21H22N2O3S/c1-14(15-8-6-5-7-9-15)23(2)21(24)17-13-27-20(22-17)16-10-11-18(25-3)19(12-16)26-4/h5-14H,1-4H3/t14-/m0/s1. The zero-order chi connectivity index (χ0) is 19.4. The summed E-state index contributed by atoms with van der Waals surface area (Å²) >= 11 is 1.43. The molecule has 0 fully saturated rings. The number of hydrogen-bond donors (Lipinski definition) is 0. The van der Waals surface area contributed by atoms with Gasteiger partial charge in [-0.1, -0.05) is 30.3 Å². The molecule has 0 bridgehead atoms. The number of amides is 1. The van der Waals surface area contributed by atoms with Crippen LogP contribution in [0.25, 0.3) is 10.6 Å². The van der Waals surface area contributed by atoms with Crippen LogP contribution < -0.4 is 9.47 Å². The zero-order valence-electron chi connectivity index (χ0n) is 15.8. The van der Waals surface area contributed by atoms with E-state index in [0.29, 0.717) is 17.2 Å². The minimum absolute atomic E-state index is 0.0371. The highest BCUT2D eigenvalue weighted by Gasteiger charge is 2.21. The van der Waals surface area contributed by atoms with Crippen LogP contribution in [0.15, 0.2) is 53.9 Å². The van der Waals surface area contributed by atoms with Crippen molar-refractivity contribution >= 4 is 17.2 Å². The van der Waals surface area contributed by atoms with Gasteiger partial charge in [0.15, 0.2) is 11.5 Å². The van der Waals surface area contributed by atoms with Crippen molar-refractivity contribution in [2.45, 2.75) is 13.0 Å². The molecule has 140 valence electrons. The average Bonchev–Trinajstić information content (AvgIpc) is 3.22. The van der Waals surface area contributed by atoms with Crippen LogP contribution >= 0.6 is 11.3 Å². The predicted octanol–water partition coefficient (Wildman–Crippen LogP) is 4.66. The number of ether oxygens (including phenoxy) is 2. The van der Waals surface area contributed by atoms with E-state index in [-0.39, 0.29) is 11.9 Å². The topological polar surface area (TPSA) is 51.7 Å². The fourth-order valence-electron chi connectivity index (χ4n) is 2.79. The van der Waals surface area contributed by atoms with E-state index >= 15 is 0 Å². The molecule has 1 atom stereocenters. The largest absolute Gasteiger partial charge is 0.493 e. The van der Waals surface area contributed by atoms with Crippen molar-refractivity contribution in [3.8, 4) is 22.1 Å². The van der Waals surface area contributed by atoms with Crippen LogP contribution in [0, 0.1) is 0 Å². The average molecular weight is 382 g/mol. The Morgan fingerprint density at radius 3 is 2.44 bits per heavy atom. The normalized spacial score (nSPS) is 11.7. The number of rotatable bonds is 6. The lowest BCUT2D eigenvalue weighted by Crippen LogP contribution is -2.29. The van der Waals surface area contributed by atoms with Gasteiger partial charge in [0.05, 0.1) is 20.3 Å². The monoisotopic (exact) mass is 382 g/mol. The molecule has 1 heterocycles. The third kappa shape index (κ3) is 3.95. The molecule has 0 saturated carbocycles. The maximum atomic E-state index is 12.9. The van der Waals surface area contributed by atoms with Crippen LogP contribution in [-0.2, 0) is 0 Å². The molecule has 3 rings (SSSR count). The number of carbonyl (C=O) groups is 1. The summed E-state index contributed by atoms with van der Waals surface area (Å²) in [5.41, 5.74) is 2.41. The molecule has 1 amide bonds. The maximum absolute atomic E-state index is 12.9. The third-order valence-corrected chi connectivity index (χ3v) is 5.43. The van der Waals surface area contributed by atoms with Crippen LogP contribution in [0.4, 0.5) is 0 Å². The van der Waals surface area contributed by atoms with Gasteiger partial charge in [0.25, 0.3) is 5.91 Å². The molecule has 0 unspecified atom stereocenters. The van der Waals surface area contributed by atoms with Gasteiger partial charge in [-0.15, -0.1) is 11.3 Å². The van der Waals surface area contributed by atoms with Crippen LogP contribution in [0.2, 0.25) is 0 Å². The number of benzene rings is 2. The highest BCUT2D eigenvalue weighted by Crippen LogP contribution is 2.34. The van der Waals surface area contributed by atoms with Gasteiger partial charge in [-0.3, -0.25) is 4.79 Å². The summed E-state index contributed by atoms with van der Waals surface area (Å²) in [6.07, 6.45) is 0. The van der Waals surface area contributed by atoms with Crippen molar-refractivity contribution in [1.29, 1.82) is 0 Å². The minimum Gasteiger partial charge on any atom is -0.493 e. The molecule has 5 nitrogen and oxygen atoms in total. The molecular weight excluding hydrogens is 360 g/mol. The van der Waals surface area contributed by atoms with Crippen LogP contribution in [0.5, 0.6) is 11.5 Å². The number of hydrogen-bond acceptors (Lipinski definition) is 5. The van der Waals surface area contributed by atoms with Crippen molar-refractivity contribution in [3.63, 3.8) is 0 Å². The Kier molecular flexibility index (Phi) is 5.76. The summed E-state index contributed by atoms with van der Waals surface area (Å²) in [5.74, 6) is 1.19. The van der Waals surface area contributed by atoms with E-state index < -0.39 is 0 Å². The predicted molar refractivity (Wildman–Crippen MR) is 108 cm³/mol. The number of methoxy groups -OCH3 is 2. The van der Waals surface area contributed by atoms with Gasteiger partial charge in [0, 0.05) is 18.0 Å². The Labute approximate surface area is 163 Å². The van der Waals surface area contributed by atoms with Gasteiger partial charge in [0.1, 0.15) is 10.7 Å². The SMILES string of the molecule is COc1ccc(-c2nc(C(=O)N(C)[C@@H](C)c3ccccc3)cs2)cc1OC. The lowest BCUT2D eigenvalue weighted by molar-refractivity contribution is 0.0737. The molecule has 0 radical (unpaired) electrons. The lowest BCUT2D eigenvalue weighted by Gasteiger charge is -2.24. The van der Waals surface area contributed by atoms with E-state index in [0.717, 1.165) is 16.1 Å². The van der Waals surface area contributed by atoms with Gasteiger partial charge in [-0.25, -0.2) is 4.98 Å². The Balaban J connectivity index is 1.82. The second-order valence-corrected chi connectivity index (χ2v) is 6.97. The van der Waals surface area contributed by atoms with Crippen LogP contribution in [0.1, 0.15) is 29.0 Å². The molecule has 0 aliphatic heterocycles. The molecule has 0 aliphatic rings. The molecule has 1 aromatic heterocycles. The van der Waals surface area contributed by atoms with E-state index in [2.05, 4.69) is 4.98 Å². The summed E-state index contributed by atoms with van der Waals surface area (Å²) in [6, 6.07) is 15.5. The maximum Gasteiger partial charge on any atom is 0.273 e. The summed E-state index contributed by atoms with van der Waals surface area (Å²) < 4.78 is 10.6. The Hall–Kier alpha value is -2.86. The van der Waals surface area contributed by atoms with E-state index in [1.807, 2.05) is 55.5 Å². The van der Waals surface area contributed by atoms with Crippen LogP contribution in [-0.4, -0.2) is 37.1 Å². The zero-order valence-corrected chi connectivity index (χ0v) is 16.6. The van der Waals surface area contributed by atoms with E-state index in [1.165, 1.54) is 11.3 Å². The fourth-order valence-corrected chi connectivity index (χ4v) is 3.58. The molecule has 0 aliphatic carbocycles. The highest BCUT2D eigenvalue weighted by molar-refractivity contribution is 7.13. The van der Waals surface area contributed by atoms with Gasteiger partial charge in [-0.2, -0.15) is 0 Å². The van der Waals surface area contributed by atoms with Crippen molar-refractivity contribution < 1.29 is 14.3 Å². The van der Waals surface area contributed by atoms with Crippen molar-refractivity contribution in [2.24, 2.45) is 0 Å². The number of nitrogens with zero attached hydrogens (tertiary/aromatic N) is 2. The second kappa shape index (κ2) is 8.22. The van der Waals surface area contributed by atoms with Crippen molar-refractivity contribution in [2.75, 3.05) is 21.3 Å². The van der Waals surface area contributed by atoms with Gasteiger partial charge >= 0.3 is 0 Å². The molecule has 2 aromatic carbocycles. The lowest BCUT2D eigenvalue weighted by atomic mass is 10.1. The van der Waals surface area contributed by atoms with E-state index in [1.54, 1.807) is 31.5 Å². The molecule has 0 saturated heterocycles. The minimum atomic E-state index is -0.102. The fraction of sp³-hybridized carbons (Fsp3) is 0.238. The van der Waals surface area contributed by atoms with Crippen molar-refractivity contribution in [1.82, 2.24) is 9.88 Å². The summed E-state index contributed by atoms with van der Waals surface area (Å²) in [5, 5.41) is 2.56.